The Hall–Kier alpha value is -0.200. The molecular weight excluding hydrogens is 244 g/mol. The van der Waals surface area contributed by atoms with Crippen molar-refractivity contribution >= 4 is 0 Å². The van der Waals surface area contributed by atoms with Crippen LogP contribution in [0.2, 0.25) is 0 Å². The molecule has 2 fully saturated rings. The Kier molecular flexibility index (Phi) is 5.20. The summed E-state index contributed by atoms with van der Waals surface area (Å²) in [4.78, 5) is 2.54. The quantitative estimate of drug-likeness (QED) is 0.730. The van der Waals surface area contributed by atoms with E-state index in [1.807, 2.05) is 0 Å². The molecule has 1 aliphatic heterocycles. The second-order valence-electron chi connectivity index (χ2n) is 5.91. The first-order chi connectivity index (χ1) is 9.14. The second-order valence-corrected chi connectivity index (χ2v) is 5.91. The first kappa shape index (κ1) is 15.2. The maximum atomic E-state index is 6.08. The maximum Gasteiger partial charge on any atom is 0.158 e. The zero-order chi connectivity index (χ0) is 13.9. The molecule has 2 rings (SSSR count). The number of hydrogen-bond acceptors (Lipinski definition) is 5. The van der Waals surface area contributed by atoms with Crippen molar-refractivity contribution in [3.05, 3.63) is 0 Å². The number of nitrogens with zero attached hydrogens (tertiary/aromatic N) is 1. The van der Waals surface area contributed by atoms with Crippen molar-refractivity contribution in [2.24, 2.45) is 5.73 Å². The van der Waals surface area contributed by atoms with Gasteiger partial charge in [-0.1, -0.05) is 0 Å². The van der Waals surface area contributed by atoms with E-state index in [1.165, 1.54) is 19.3 Å². The van der Waals surface area contributed by atoms with Gasteiger partial charge in [0.1, 0.15) is 0 Å². The molecule has 3 unspecified atom stereocenters. The lowest BCUT2D eigenvalue weighted by Gasteiger charge is -2.49. The lowest BCUT2D eigenvalue weighted by atomic mass is 9.91. The summed E-state index contributed by atoms with van der Waals surface area (Å²) in [6.07, 6.45) is 4.63. The smallest absolute Gasteiger partial charge is 0.158 e. The Morgan fingerprint density at radius 2 is 2.11 bits per heavy atom. The lowest BCUT2D eigenvalue weighted by Crippen LogP contribution is -2.62. The highest BCUT2D eigenvalue weighted by atomic mass is 16.7. The van der Waals surface area contributed by atoms with Crippen molar-refractivity contribution in [1.29, 1.82) is 0 Å². The summed E-state index contributed by atoms with van der Waals surface area (Å²) in [5, 5.41) is 0. The minimum atomic E-state index is -0.198. The van der Waals surface area contributed by atoms with Crippen LogP contribution in [0.3, 0.4) is 0 Å². The summed E-state index contributed by atoms with van der Waals surface area (Å²) >= 11 is 0. The van der Waals surface area contributed by atoms with Gasteiger partial charge < -0.3 is 19.9 Å². The molecule has 5 nitrogen and oxygen atoms in total. The molecule has 2 aliphatic rings. The van der Waals surface area contributed by atoms with E-state index in [0.29, 0.717) is 18.7 Å². The van der Waals surface area contributed by atoms with Crippen LogP contribution in [0.15, 0.2) is 0 Å². The molecule has 0 radical (unpaired) electrons. The van der Waals surface area contributed by atoms with Gasteiger partial charge in [0.15, 0.2) is 6.29 Å². The maximum absolute atomic E-state index is 6.08. The van der Waals surface area contributed by atoms with E-state index < -0.39 is 0 Å². The third-order valence-corrected chi connectivity index (χ3v) is 4.75. The topological polar surface area (TPSA) is 57.0 Å². The number of nitrogens with two attached hydrogens (primary N) is 1. The van der Waals surface area contributed by atoms with E-state index in [2.05, 4.69) is 11.8 Å². The van der Waals surface area contributed by atoms with Crippen LogP contribution in [0.1, 0.15) is 32.6 Å². The molecule has 2 N–H and O–H groups in total. The normalized spacial score (nSPS) is 31.4. The zero-order valence-corrected chi connectivity index (χ0v) is 12.4. The fraction of sp³-hybridized carbons (Fsp3) is 1.00. The molecule has 5 heteroatoms. The molecule has 3 atom stereocenters. The van der Waals surface area contributed by atoms with Crippen LogP contribution < -0.4 is 5.73 Å². The van der Waals surface area contributed by atoms with Gasteiger partial charge in [-0.05, 0) is 26.2 Å². The summed E-state index contributed by atoms with van der Waals surface area (Å²) in [5.74, 6) is 0. The molecule has 1 saturated carbocycles. The molecule has 0 spiro atoms. The Morgan fingerprint density at radius 1 is 1.37 bits per heavy atom. The molecular formula is C14H28N2O3. The van der Waals surface area contributed by atoms with E-state index in [-0.39, 0.29) is 11.8 Å². The van der Waals surface area contributed by atoms with E-state index in [9.17, 15) is 0 Å². The number of ether oxygens (including phenoxy) is 3. The van der Waals surface area contributed by atoms with Crippen LogP contribution in [-0.2, 0) is 14.2 Å². The summed E-state index contributed by atoms with van der Waals surface area (Å²) in [6, 6.07) is 0.511. The third kappa shape index (κ3) is 3.11. The highest BCUT2D eigenvalue weighted by molar-refractivity contribution is 4.98. The number of rotatable bonds is 6. The van der Waals surface area contributed by atoms with Crippen molar-refractivity contribution < 1.29 is 14.2 Å². The van der Waals surface area contributed by atoms with Gasteiger partial charge >= 0.3 is 0 Å². The first-order valence-electron chi connectivity index (χ1n) is 7.28. The van der Waals surface area contributed by atoms with E-state index in [4.69, 9.17) is 19.9 Å². The van der Waals surface area contributed by atoms with Crippen LogP contribution in [0.4, 0.5) is 0 Å². The van der Waals surface area contributed by atoms with Gasteiger partial charge in [-0.25, -0.2) is 0 Å². The van der Waals surface area contributed by atoms with E-state index in [1.54, 1.807) is 14.2 Å². The predicted octanol–water partition coefficient (Wildman–Crippen LogP) is 0.966. The minimum Gasteiger partial charge on any atom is -0.375 e. The summed E-state index contributed by atoms with van der Waals surface area (Å²) < 4.78 is 16.6. The first-order valence-corrected chi connectivity index (χ1v) is 7.28. The number of methoxy groups -OCH3 is 2. The van der Waals surface area contributed by atoms with Gasteiger partial charge in [-0.15, -0.1) is 0 Å². The monoisotopic (exact) mass is 272 g/mol. The summed E-state index contributed by atoms with van der Waals surface area (Å²) in [5.41, 5.74) is 6.00. The van der Waals surface area contributed by atoms with Gasteiger partial charge in [0.25, 0.3) is 0 Å². The number of fused-ring (bicyclic) bond motifs is 1. The molecule has 112 valence electrons. The SMILES string of the molecule is COC(CC(C)(CN)N1CCOC2CCCC21)OC. The van der Waals surface area contributed by atoms with Crippen LogP contribution in [-0.4, -0.2) is 62.8 Å². The van der Waals surface area contributed by atoms with Gasteiger partial charge in [-0.2, -0.15) is 0 Å². The van der Waals surface area contributed by atoms with Crippen molar-refractivity contribution in [3.8, 4) is 0 Å². The van der Waals surface area contributed by atoms with Crippen LogP contribution in [0.5, 0.6) is 0 Å². The molecule has 0 aromatic rings. The van der Waals surface area contributed by atoms with Gasteiger partial charge in [0, 0.05) is 45.3 Å². The molecule has 0 aromatic heterocycles. The standard InChI is InChI=1S/C14H28N2O3/c1-14(10-15,9-13(17-2)18-3)16-7-8-19-12-6-4-5-11(12)16/h11-13H,4-10,15H2,1-3H3. The Bertz CT molecular complexity index is 286. The molecule has 19 heavy (non-hydrogen) atoms. The number of hydrogen-bond donors (Lipinski definition) is 1. The molecule has 0 aromatic carbocycles. The summed E-state index contributed by atoms with van der Waals surface area (Å²) in [6.45, 7) is 4.59. The molecule has 1 heterocycles. The van der Waals surface area contributed by atoms with Crippen LogP contribution in [0.25, 0.3) is 0 Å². The average molecular weight is 272 g/mol. The van der Waals surface area contributed by atoms with Crippen molar-refractivity contribution in [2.75, 3.05) is 33.9 Å². The van der Waals surface area contributed by atoms with Crippen LogP contribution >= 0.6 is 0 Å². The molecule has 0 bridgehead atoms. The molecule has 1 saturated heterocycles. The predicted molar refractivity (Wildman–Crippen MR) is 74.0 cm³/mol. The van der Waals surface area contributed by atoms with Gasteiger partial charge in [0.05, 0.1) is 12.7 Å². The zero-order valence-electron chi connectivity index (χ0n) is 12.4. The Labute approximate surface area is 116 Å². The highest BCUT2D eigenvalue weighted by Gasteiger charge is 2.44. The Morgan fingerprint density at radius 3 is 2.74 bits per heavy atom. The van der Waals surface area contributed by atoms with Crippen molar-refractivity contribution in [2.45, 2.75) is 56.6 Å². The van der Waals surface area contributed by atoms with Gasteiger partial charge in [0.2, 0.25) is 0 Å². The van der Waals surface area contributed by atoms with Crippen molar-refractivity contribution in [1.82, 2.24) is 4.90 Å². The van der Waals surface area contributed by atoms with Gasteiger partial charge in [-0.3, -0.25) is 4.90 Å². The molecule has 1 aliphatic carbocycles. The largest absolute Gasteiger partial charge is 0.375 e. The highest BCUT2D eigenvalue weighted by Crippen LogP contribution is 2.35. The fourth-order valence-corrected chi connectivity index (χ4v) is 3.54. The summed E-state index contributed by atoms with van der Waals surface area (Å²) in [7, 11) is 3.37. The second kappa shape index (κ2) is 6.50. The van der Waals surface area contributed by atoms with E-state index in [0.717, 1.165) is 19.6 Å². The molecule has 0 amide bonds. The average Bonchev–Trinajstić information content (AvgIpc) is 2.92. The van der Waals surface area contributed by atoms with Crippen molar-refractivity contribution in [3.63, 3.8) is 0 Å². The van der Waals surface area contributed by atoms with Crippen LogP contribution in [0, 0.1) is 0 Å². The lowest BCUT2D eigenvalue weighted by molar-refractivity contribution is -0.150. The number of morpholine rings is 1. The Balaban J connectivity index is 2.10. The van der Waals surface area contributed by atoms with E-state index >= 15 is 0 Å². The minimum absolute atomic E-state index is 0.0896. The fourth-order valence-electron chi connectivity index (χ4n) is 3.54. The third-order valence-electron chi connectivity index (χ3n) is 4.75.